The molecule has 2 aromatic heterocycles. The number of aliphatic hydroxyl groups excluding tert-OH is 1. The van der Waals surface area contributed by atoms with Gasteiger partial charge in [0.25, 0.3) is 0 Å². The van der Waals surface area contributed by atoms with Gasteiger partial charge in [-0.3, -0.25) is 4.98 Å². The van der Waals surface area contributed by atoms with E-state index in [0.717, 1.165) is 5.56 Å². The molecular formula is C12H11N5O. The Labute approximate surface area is 104 Å². The second-order valence-corrected chi connectivity index (χ2v) is 4.10. The van der Waals surface area contributed by atoms with Crippen molar-refractivity contribution in [1.82, 2.24) is 14.8 Å². The van der Waals surface area contributed by atoms with Gasteiger partial charge in [0, 0.05) is 30.9 Å². The highest BCUT2D eigenvalue weighted by Crippen LogP contribution is 2.30. The topological polar surface area (TPSA) is 86.8 Å². The van der Waals surface area contributed by atoms with Crippen LogP contribution in [0, 0.1) is 11.3 Å². The van der Waals surface area contributed by atoms with Gasteiger partial charge in [-0.15, -0.1) is 0 Å². The van der Waals surface area contributed by atoms with Gasteiger partial charge in [0.15, 0.2) is 0 Å². The minimum atomic E-state index is -0.622. The van der Waals surface area contributed by atoms with Crippen LogP contribution in [0.3, 0.4) is 0 Å². The third-order valence-electron chi connectivity index (χ3n) is 2.92. The van der Waals surface area contributed by atoms with Crippen molar-refractivity contribution in [3.63, 3.8) is 0 Å². The number of fused-ring (bicyclic) bond motifs is 1. The molecule has 1 unspecified atom stereocenters. The molecule has 0 amide bonds. The van der Waals surface area contributed by atoms with Gasteiger partial charge in [0.05, 0.1) is 0 Å². The maximum absolute atomic E-state index is 9.58. The Kier molecular flexibility index (Phi) is 2.46. The lowest BCUT2D eigenvalue weighted by atomic mass is 10.1. The predicted octanol–water partition coefficient (Wildman–Crippen LogP) is 0.951. The highest BCUT2D eigenvalue weighted by Gasteiger charge is 2.24. The molecule has 2 N–H and O–H groups in total. The zero-order valence-electron chi connectivity index (χ0n) is 9.54. The summed E-state index contributed by atoms with van der Waals surface area (Å²) in [5.74, 6) is 0.579. The molecule has 6 nitrogen and oxygen atoms in total. The Morgan fingerprint density at radius 3 is 3.17 bits per heavy atom. The van der Waals surface area contributed by atoms with E-state index in [2.05, 4.69) is 21.5 Å². The van der Waals surface area contributed by atoms with E-state index in [1.165, 1.54) is 0 Å². The lowest BCUT2D eigenvalue weighted by Crippen LogP contribution is -2.28. The largest absolute Gasteiger partial charge is 0.374 e. The first-order chi connectivity index (χ1) is 8.79. The third kappa shape index (κ3) is 1.61. The fourth-order valence-corrected chi connectivity index (χ4v) is 2.06. The highest BCUT2D eigenvalue weighted by atomic mass is 16.3. The van der Waals surface area contributed by atoms with Gasteiger partial charge in [0.1, 0.15) is 29.4 Å². The summed E-state index contributed by atoms with van der Waals surface area (Å²) >= 11 is 0. The Balaban J connectivity index is 2.15. The highest BCUT2D eigenvalue weighted by molar-refractivity contribution is 5.73. The number of nitrogens with zero attached hydrogens (tertiary/aromatic N) is 4. The Bertz CT molecular complexity index is 613. The first-order valence-corrected chi connectivity index (χ1v) is 5.65. The maximum Gasteiger partial charge on any atom is 0.144 e. The van der Waals surface area contributed by atoms with Crippen LogP contribution in [0.15, 0.2) is 24.5 Å². The van der Waals surface area contributed by atoms with E-state index in [4.69, 9.17) is 0 Å². The average molecular weight is 241 g/mol. The molecule has 0 radical (unpaired) electrons. The Hall–Kier alpha value is -2.39. The third-order valence-corrected chi connectivity index (χ3v) is 2.92. The van der Waals surface area contributed by atoms with Crippen molar-refractivity contribution in [2.24, 2.45) is 0 Å². The van der Waals surface area contributed by atoms with Crippen LogP contribution >= 0.6 is 0 Å². The summed E-state index contributed by atoms with van der Waals surface area (Å²) in [5, 5.41) is 26.1. The van der Waals surface area contributed by atoms with Crippen LogP contribution in [-0.4, -0.2) is 26.1 Å². The molecule has 1 aliphatic rings. The normalized spacial score (nSPS) is 17.7. The van der Waals surface area contributed by atoms with E-state index in [1.54, 1.807) is 23.1 Å². The first kappa shape index (κ1) is 10.7. The van der Waals surface area contributed by atoms with Gasteiger partial charge in [-0.1, -0.05) is 0 Å². The molecule has 3 heterocycles. The molecule has 0 aromatic carbocycles. The number of nitriles is 1. The summed E-state index contributed by atoms with van der Waals surface area (Å²) in [6.45, 7) is 0.596. The molecule has 1 atom stereocenters. The van der Waals surface area contributed by atoms with Crippen molar-refractivity contribution in [3.05, 3.63) is 30.1 Å². The average Bonchev–Trinajstić information content (AvgIpc) is 2.77. The number of anilines is 1. The minimum absolute atomic E-state index is 0.446. The second-order valence-electron chi connectivity index (χ2n) is 4.10. The van der Waals surface area contributed by atoms with Gasteiger partial charge in [0.2, 0.25) is 0 Å². The molecule has 2 aromatic rings. The molecule has 18 heavy (non-hydrogen) atoms. The predicted molar refractivity (Wildman–Crippen MR) is 64.4 cm³/mol. The molecule has 0 spiro atoms. The number of aryl methyl sites for hydroxylation is 1. The molecule has 0 saturated heterocycles. The molecule has 1 aliphatic heterocycles. The number of pyridine rings is 1. The fraction of sp³-hybridized carbons (Fsp3) is 0.250. The summed E-state index contributed by atoms with van der Waals surface area (Å²) in [5.41, 5.74) is 1.84. The van der Waals surface area contributed by atoms with Crippen LogP contribution in [0.4, 0.5) is 5.82 Å². The van der Waals surface area contributed by atoms with Crippen molar-refractivity contribution < 1.29 is 5.11 Å². The van der Waals surface area contributed by atoms with Gasteiger partial charge < -0.3 is 10.4 Å². The minimum Gasteiger partial charge on any atom is -0.374 e. The van der Waals surface area contributed by atoms with Crippen molar-refractivity contribution in [3.8, 4) is 17.3 Å². The van der Waals surface area contributed by atoms with Crippen LogP contribution in [0.5, 0.6) is 0 Å². The SMILES string of the molecule is N#Cc1c(-c2cccnc2)nn2c1NC(O)CC2. The molecule has 3 rings (SSSR count). The quantitative estimate of drug-likeness (QED) is 0.776. The van der Waals surface area contributed by atoms with E-state index in [9.17, 15) is 10.4 Å². The smallest absolute Gasteiger partial charge is 0.144 e. The van der Waals surface area contributed by atoms with E-state index >= 15 is 0 Å². The summed E-state index contributed by atoms with van der Waals surface area (Å²) < 4.78 is 1.72. The summed E-state index contributed by atoms with van der Waals surface area (Å²) in [6.07, 6.45) is 3.30. The second kappa shape index (κ2) is 4.13. The molecule has 0 saturated carbocycles. The maximum atomic E-state index is 9.58. The Morgan fingerprint density at radius 2 is 2.44 bits per heavy atom. The first-order valence-electron chi connectivity index (χ1n) is 5.65. The van der Waals surface area contributed by atoms with Crippen molar-refractivity contribution in [2.75, 3.05) is 5.32 Å². The lowest BCUT2D eigenvalue weighted by Gasteiger charge is -2.21. The van der Waals surface area contributed by atoms with Gasteiger partial charge in [-0.05, 0) is 12.1 Å². The van der Waals surface area contributed by atoms with Crippen molar-refractivity contribution in [2.45, 2.75) is 19.2 Å². The number of hydrogen-bond donors (Lipinski definition) is 2. The zero-order valence-corrected chi connectivity index (χ0v) is 9.54. The van der Waals surface area contributed by atoms with E-state index in [-0.39, 0.29) is 0 Å². The van der Waals surface area contributed by atoms with Crippen LogP contribution in [0.25, 0.3) is 11.3 Å². The molecule has 0 fully saturated rings. The Morgan fingerprint density at radius 1 is 1.56 bits per heavy atom. The lowest BCUT2D eigenvalue weighted by molar-refractivity contribution is 0.174. The van der Waals surface area contributed by atoms with Gasteiger partial charge in [-0.25, -0.2) is 4.68 Å². The van der Waals surface area contributed by atoms with Crippen LogP contribution in [0.2, 0.25) is 0 Å². The van der Waals surface area contributed by atoms with Crippen LogP contribution in [-0.2, 0) is 6.54 Å². The number of aromatic nitrogens is 3. The molecule has 0 aliphatic carbocycles. The van der Waals surface area contributed by atoms with Gasteiger partial charge in [-0.2, -0.15) is 10.4 Å². The van der Waals surface area contributed by atoms with E-state index in [0.29, 0.717) is 30.0 Å². The fourth-order valence-electron chi connectivity index (χ4n) is 2.06. The molecule has 90 valence electrons. The number of nitrogens with one attached hydrogen (secondary N) is 1. The summed E-state index contributed by atoms with van der Waals surface area (Å²) in [6, 6.07) is 5.80. The van der Waals surface area contributed by atoms with E-state index < -0.39 is 6.23 Å². The monoisotopic (exact) mass is 241 g/mol. The molecule has 6 heteroatoms. The van der Waals surface area contributed by atoms with Crippen LogP contribution in [0.1, 0.15) is 12.0 Å². The summed E-state index contributed by atoms with van der Waals surface area (Å²) in [7, 11) is 0. The van der Waals surface area contributed by atoms with Crippen LogP contribution < -0.4 is 5.32 Å². The molecular weight excluding hydrogens is 230 g/mol. The standard InChI is InChI=1S/C12H11N5O/c13-6-9-11(8-2-1-4-14-7-8)16-17-5-3-10(18)15-12(9)17/h1-2,4,7,10,15,18H,3,5H2. The zero-order chi connectivity index (χ0) is 12.5. The summed E-state index contributed by atoms with van der Waals surface area (Å²) in [4.78, 5) is 4.03. The number of aliphatic hydroxyl groups is 1. The van der Waals surface area contributed by atoms with Gasteiger partial charge >= 0.3 is 0 Å². The van der Waals surface area contributed by atoms with Crippen molar-refractivity contribution >= 4 is 5.82 Å². The van der Waals surface area contributed by atoms with Crippen molar-refractivity contribution in [1.29, 1.82) is 5.26 Å². The number of hydrogen-bond acceptors (Lipinski definition) is 5. The number of rotatable bonds is 1. The van der Waals surface area contributed by atoms with E-state index in [1.807, 2.05) is 6.07 Å². The molecule has 0 bridgehead atoms.